The van der Waals surface area contributed by atoms with Gasteiger partial charge in [0.2, 0.25) is 0 Å². The van der Waals surface area contributed by atoms with Crippen LogP contribution < -0.4 is 5.32 Å². The second kappa shape index (κ2) is 5.54. The number of hydrogen-bond donors (Lipinski definition) is 1. The molecule has 4 nitrogen and oxygen atoms in total. The number of carbonyl (C=O) groups is 1. The van der Waals surface area contributed by atoms with Crippen LogP contribution in [0.4, 0.5) is 0 Å². The van der Waals surface area contributed by atoms with Crippen LogP contribution in [0.25, 0.3) is 0 Å². The van der Waals surface area contributed by atoms with Gasteiger partial charge < -0.3 is 5.32 Å². The van der Waals surface area contributed by atoms with Crippen LogP contribution >= 0.6 is 11.3 Å². The summed E-state index contributed by atoms with van der Waals surface area (Å²) in [6.45, 7) is 2.60. The van der Waals surface area contributed by atoms with Crippen molar-refractivity contribution in [2.75, 3.05) is 6.54 Å². The van der Waals surface area contributed by atoms with Crippen molar-refractivity contribution in [3.05, 3.63) is 46.2 Å². The third-order valence-corrected chi connectivity index (χ3v) is 3.40. The van der Waals surface area contributed by atoms with Gasteiger partial charge in [-0.3, -0.25) is 9.78 Å². The van der Waals surface area contributed by atoms with Gasteiger partial charge in [-0.1, -0.05) is 0 Å². The highest BCUT2D eigenvalue weighted by atomic mass is 32.1. The minimum Gasteiger partial charge on any atom is -0.352 e. The van der Waals surface area contributed by atoms with E-state index >= 15 is 0 Å². The molecule has 5 heteroatoms. The van der Waals surface area contributed by atoms with E-state index in [0.717, 1.165) is 12.1 Å². The summed E-state index contributed by atoms with van der Waals surface area (Å²) in [5, 5.41) is 2.86. The lowest BCUT2D eigenvalue weighted by atomic mass is 10.2. The van der Waals surface area contributed by atoms with Gasteiger partial charge in [-0.15, -0.1) is 11.3 Å². The van der Waals surface area contributed by atoms with E-state index in [2.05, 4.69) is 15.3 Å². The fraction of sp³-hybridized carbons (Fsp3) is 0.250. The van der Waals surface area contributed by atoms with E-state index < -0.39 is 0 Å². The summed E-state index contributed by atoms with van der Waals surface area (Å²) in [6, 6.07) is 3.50. The van der Waals surface area contributed by atoms with Gasteiger partial charge in [0.25, 0.3) is 5.91 Å². The second-order valence-electron chi connectivity index (χ2n) is 3.61. The van der Waals surface area contributed by atoms with E-state index in [1.54, 1.807) is 35.9 Å². The Morgan fingerprint density at radius 3 is 3.06 bits per heavy atom. The first kappa shape index (κ1) is 11.7. The summed E-state index contributed by atoms with van der Waals surface area (Å²) >= 11 is 1.62. The number of amides is 1. The monoisotopic (exact) mass is 247 g/mol. The van der Waals surface area contributed by atoms with Gasteiger partial charge in [0.05, 0.1) is 16.8 Å². The predicted octanol–water partition coefficient (Wildman–Crippen LogP) is 1.82. The zero-order valence-electron chi connectivity index (χ0n) is 9.51. The first-order valence-electron chi connectivity index (χ1n) is 5.34. The quantitative estimate of drug-likeness (QED) is 0.896. The van der Waals surface area contributed by atoms with Crippen molar-refractivity contribution in [3.8, 4) is 0 Å². The second-order valence-corrected chi connectivity index (χ2v) is 4.55. The van der Waals surface area contributed by atoms with E-state index in [9.17, 15) is 4.79 Å². The van der Waals surface area contributed by atoms with Crippen LogP contribution in [0.3, 0.4) is 0 Å². The molecule has 0 aromatic carbocycles. The number of aryl methyl sites for hydroxylation is 1. The minimum absolute atomic E-state index is 0.0831. The van der Waals surface area contributed by atoms with E-state index in [4.69, 9.17) is 0 Å². The summed E-state index contributed by atoms with van der Waals surface area (Å²) in [4.78, 5) is 21.0. The third kappa shape index (κ3) is 3.10. The number of hydrogen-bond acceptors (Lipinski definition) is 4. The molecule has 1 N–H and O–H groups in total. The number of aromatic nitrogens is 2. The van der Waals surface area contributed by atoms with Crippen LogP contribution in [0, 0.1) is 6.92 Å². The van der Waals surface area contributed by atoms with Crippen LogP contribution in [0.1, 0.15) is 20.9 Å². The molecule has 2 heterocycles. The van der Waals surface area contributed by atoms with Crippen LogP contribution in [0.5, 0.6) is 0 Å². The van der Waals surface area contributed by atoms with Gasteiger partial charge in [0.1, 0.15) is 0 Å². The standard InChI is InChI=1S/C12H13N3OS/c1-9-11(17-8-15-9)4-6-14-12(16)10-3-2-5-13-7-10/h2-3,5,7-8H,4,6H2,1H3,(H,14,16). The van der Waals surface area contributed by atoms with E-state index in [1.165, 1.54) is 4.88 Å². The van der Waals surface area contributed by atoms with Crippen LogP contribution in [-0.2, 0) is 6.42 Å². The normalized spacial score (nSPS) is 10.2. The number of carbonyl (C=O) groups excluding carboxylic acids is 1. The Hall–Kier alpha value is -1.75. The van der Waals surface area contributed by atoms with Gasteiger partial charge in [0, 0.05) is 30.2 Å². The van der Waals surface area contributed by atoms with Gasteiger partial charge in [-0.2, -0.15) is 0 Å². The Morgan fingerprint density at radius 2 is 2.41 bits per heavy atom. The molecular formula is C12H13N3OS. The number of rotatable bonds is 4. The van der Waals surface area contributed by atoms with Crippen LogP contribution in [-0.4, -0.2) is 22.4 Å². The first-order chi connectivity index (χ1) is 8.27. The van der Waals surface area contributed by atoms with Crippen molar-refractivity contribution in [1.29, 1.82) is 0 Å². The van der Waals surface area contributed by atoms with E-state index in [1.807, 2.05) is 12.4 Å². The zero-order valence-corrected chi connectivity index (χ0v) is 10.3. The molecule has 0 unspecified atom stereocenters. The summed E-state index contributed by atoms with van der Waals surface area (Å²) in [5.74, 6) is -0.0831. The molecule has 88 valence electrons. The van der Waals surface area contributed by atoms with Crippen molar-refractivity contribution in [2.45, 2.75) is 13.3 Å². The summed E-state index contributed by atoms with van der Waals surface area (Å²) < 4.78 is 0. The predicted molar refractivity (Wildman–Crippen MR) is 67.1 cm³/mol. The third-order valence-electron chi connectivity index (χ3n) is 2.41. The average molecular weight is 247 g/mol. The topological polar surface area (TPSA) is 54.9 Å². The Kier molecular flexibility index (Phi) is 3.82. The lowest BCUT2D eigenvalue weighted by Gasteiger charge is -2.03. The molecule has 0 aliphatic carbocycles. The molecule has 17 heavy (non-hydrogen) atoms. The molecule has 0 aliphatic heterocycles. The number of pyridine rings is 1. The maximum absolute atomic E-state index is 11.7. The fourth-order valence-electron chi connectivity index (χ4n) is 1.45. The minimum atomic E-state index is -0.0831. The summed E-state index contributed by atoms with van der Waals surface area (Å²) in [7, 11) is 0. The van der Waals surface area contributed by atoms with Crippen molar-refractivity contribution in [2.24, 2.45) is 0 Å². The average Bonchev–Trinajstić information content (AvgIpc) is 2.76. The molecule has 0 spiro atoms. The summed E-state index contributed by atoms with van der Waals surface area (Å²) in [6.07, 6.45) is 4.03. The largest absolute Gasteiger partial charge is 0.352 e. The van der Waals surface area contributed by atoms with E-state index in [-0.39, 0.29) is 5.91 Å². The molecule has 1 amide bonds. The maximum Gasteiger partial charge on any atom is 0.252 e. The van der Waals surface area contributed by atoms with Crippen molar-refractivity contribution in [1.82, 2.24) is 15.3 Å². The van der Waals surface area contributed by atoms with Gasteiger partial charge >= 0.3 is 0 Å². The highest BCUT2D eigenvalue weighted by Gasteiger charge is 2.05. The molecule has 2 aromatic rings. The first-order valence-corrected chi connectivity index (χ1v) is 6.22. The number of nitrogens with one attached hydrogen (secondary N) is 1. The molecule has 0 radical (unpaired) electrons. The van der Waals surface area contributed by atoms with Crippen molar-refractivity contribution >= 4 is 17.2 Å². The van der Waals surface area contributed by atoms with Crippen LogP contribution in [0.15, 0.2) is 30.0 Å². The summed E-state index contributed by atoms with van der Waals surface area (Å²) in [5.41, 5.74) is 3.47. The lowest BCUT2D eigenvalue weighted by Crippen LogP contribution is -2.25. The Morgan fingerprint density at radius 1 is 1.53 bits per heavy atom. The molecule has 2 rings (SSSR count). The lowest BCUT2D eigenvalue weighted by molar-refractivity contribution is 0.0954. The highest BCUT2D eigenvalue weighted by molar-refractivity contribution is 7.09. The van der Waals surface area contributed by atoms with E-state index in [0.29, 0.717) is 12.1 Å². The zero-order chi connectivity index (χ0) is 12.1. The Balaban J connectivity index is 1.84. The van der Waals surface area contributed by atoms with Gasteiger partial charge in [-0.05, 0) is 19.1 Å². The molecule has 0 saturated heterocycles. The highest BCUT2D eigenvalue weighted by Crippen LogP contribution is 2.11. The Bertz CT molecular complexity index is 495. The fourth-order valence-corrected chi connectivity index (χ4v) is 2.24. The molecular weight excluding hydrogens is 234 g/mol. The van der Waals surface area contributed by atoms with Crippen molar-refractivity contribution < 1.29 is 4.79 Å². The van der Waals surface area contributed by atoms with Crippen molar-refractivity contribution in [3.63, 3.8) is 0 Å². The molecule has 0 bridgehead atoms. The molecule has 0 fully saturated rings. The molecule has 2 aromatic heterocycles. The number of nitrogens with zero attached hydrogens (tertiary/aromatic N) is 2. The molecule has 0 aliphatic rings. The number of thiazole rings is 1. The Labute approximate surface area is 104 Å². The smallest absolute Gasteiger partial charge is 0.252 e. The van der Waals surface area contributed by atoms with Gasteiger partial charge in [-0.25, -0.2) is 4.98 Å². The van der Waals surface area contributed by atoms with Gasteiger partial charge in [0.15, 0.2) is 0 Å². The maximum atomic E-state index is 11.7. The molecule has 0 atom stereocenters. The SMILES string of the molecule is Cc1ncsc1CCNC(=O)c1cccnc1. The molecule has 0 saturated carbocycles. The van der Waals surface area contributed by atoms with Crippen LogP contribution in [0.2, 0.25) is 0 Å².